The monoisotopic (exact) mass is 2640 g/mol. The second-order valence-electron chi connectivity index (χ2n) is 34.9. The van der Waals surface area contributed by atoms with E-state index in [-0.39, 0.29) is 81.4 Å². The second kappa shape index (κ2) is 53.2. The number of pyridine rings is 7. The summed E-state index contributed by atoms with van der Waals surface area (Å²) in [6, 6.07) is 144. The molecule has 0 spiro atoms. The molecule has 0 bridgehead atoms. The van der Waals surface area contributed by atoms with Crippen LogP contribution >= 0.6 is 0 Å². The Labute approximate surface area is 918 Å². The predicted octanol–water partition coefficient (Wildman–Crippen LogP) is 27.5. The molecule has 0 aliphatic heterocycles. The van der Waals surface area contributed by atoms with Crippen LogP contribution in [0.5, 0.6) is 5.75 Å². The van der Waals surface area contributed by atoms with Crippen LogP contribution in [-0.2, 0) is 114 Å². The van der Waals surface area contributed by atoms with Gasteiger partial charge in [-0.1, -0.05) is 351 Å². The van der Waals surface area contributed by atoms with Gasteiger partial charge in [0, 0.05) is 165 Å². The molecule has 14 aromatic carbocycles. The van der Waals surface area contributed by atoms with Crippen LogP contribution in [0.15, 0.2) is 444 Å². The van der Waals surface area contributed by atoms with Gasteiger partial charge < -0.3 is 40.1 Å². The minimum absolute atomic E-state index is 0. The van der Waals surface area contributed by atoms with Crippen LogP contribution in [0, 0.1) is 51.1 Å². The fourth-order valence-corrected chi connectivity index (χ4v) is 17.9. The summed E-state index contributed by atoms with van der Waals surface area (Å²) in [7, 11) is 0. The number of imidazole rings is 2. The molecular weight excluding hydrogens is 2540 g/mol. The summed E-state index contributed by atoms with van der Waals surface area (Å²) in [6.07, 6.45) is 21.9. The van der Waals surface area contributed by atoms with Gasteiger partial charge in [-0.25, -0.2) is 4.90 Å². The summed E-state index contributed by atoms with van der Waals surface area (Å²) in [5, 5.41) is 28.9. The molecule has 0 atom stereocenters. The van der Waals surface area contributed by atoms with Crippen molar-refractivity contribution in [1.29, 1.82) is 0 Å². The maximum absolute atomic E-state index is 10.5. The van der Waals surface area contributed by atoms with Gasteiger partial charge >= 0.3 is 20.1 Å². The molecule has 0 aliphatic carbocycles. The zero-order valence-electron chi connectivity index (χ0n) is 81.8. The molecule has 10 aromatic heterocycles. The summed E-state index contributed by atoms with van der Waals surface area (Å²) >= 11 is 0. The van der Waals surface area contributed by atoms with Gasteiger partial charge in [-0.15, -0.1) is 148 Å². The third kappa shape index (κ3) is 27.3. The van der Waals surface area contributed by atoms with Crippen molar-refractivity contribution in [2.75, 3.05) is 13.1 Å². The Hall–Kier alpha value is -15.3. The van der Waals surface area contributed by atoms with Crippen molar-refractivity contribution in [2.45, 2.75) is 66.8 Å². The molecule has 10 heterocycles. The number of fused-ring (bicyclic) bond motifs is 6. The third-order valence-electron chi connectivity index (χ3n) is 24.7. The largest absolute Gasteiger partial charge is 3.00 e. The topological polar surface area (TPSA) is 189 Å². The molecule has 0 amide bonds. The first-order chi connectivity index (χ1) is 71.0. The quantitative estimate of drug-likeness (QED) is 0.0498. The number of aromatic hydroxyl groups is 1. The smallest absolute Gasteiger partial charge is 0.507 e. The van der Waals surface area contributed by atoms with Crippen molar-refractivity contribution in [3.63, 3.8) is 0 Å². The first-order valence-corrected chi connectivity index (χ1v) is 48.3. The summed E-state index contributed by atoms with van der Waals surface area (Å²) < 4.78 is 1.92. The number of benzene rings is 14. The molecule has 20 heteroatoms. The van der Waals surface area contributed by atoms with E-state index in [0.717, 1.165) is 178 Å². The van der Waals surface area contributed by atoms with Crippen LogP contribution in [0.1, 0.15) is 53.1 Å². The Bertz CT molecular complexity index is 7480. The Morgan fingerprint density at radius 1 is 0.324 bits per heavy atom. The molecule has 2 radical (unpaired) electrons. The Morgan fingerprint density at radius 2 is 0.730 bits per heavy atom. The van der Waals surface area contributed by atoms with Gasteiger partial charge in [0.1, 0.15) is 5.75 Å². The number of hydrogen-bond acceptors (Lipinski definition) is 12. The van der Waals surface area contributed by atoms with E-state index in [0.29, 0.717) is 25.5 Å². The Balaban J connectivity index is 0.000000134. The number of phenols is 1. The molecule has 24 aromatic rings. The number of rotatable bonds is 22. The van der Waals surface area contributed by atoms with Crippen molar-refractivity contribution in [1.82, 2.24) is 69.7 Å². The fourth-order valence-electron chi connectivity index (χ4n) is 17.9. The number of nitrogens with zero attached hydrogens (tertiary/aromatic N) is 15. The van der Waals surface area contributed by atoms with Crippen molar-refractivity contribution in [3.8, 4) is 107 Å². The van der Waals surface area contributed by atoms with E-state index in [2.05, 4.69) is 323 Å². The average Bonchev–Trinajstić information content (AvgIpc) is 1.10. The molecule has 0 aliphatic rings. The number of aromatic nitrogens is 13. The van der Waals surface area contributed by atoms with Gasteiger partial charge in [0.05, 0.1) is 5.69 Å². The first-order valence-electron chi connectivity index (χ1n) is 48.3. The van der Waals surface area contributed by atoms with E-state index in [1.54, 1.807) is 31.0 Å². The van der Waals surface area contributed by atoms with Crippen LogP contribution in [0.3, 0.4) is 0 Å². The number of para-hydroxylation sites is 1. The van der Waals surface area contributed by atoms with Crippen LogP contribution < -0.4 is 19.7 Å². The number of aryl methyl sites for hydroxylation is 4. The zero-order chi connectivity index (χ0) is 98.0. The van der Waals surface area contributed by atoms with E-state index < -0.39 is 0 Å². The first kappa shape index (κ1) is 107. The van der Waals surface area contributed by atoms with Crippen molar-refractivity contribution >= 4 is 64.6 Å². The summed E-state index contributed by atoms with van der Waals surface area (Å²) in [5.74, 6) is 2.00. The fraction of sp³-hybridized carbons (Fsp3) is 0.0938. The van der Waals surface area contributed by atoms with Crippen LogP contribution in [0.2, 0.25) is 0 Å². The standard InChI is InChI=1S/C26H17N.2C25H17N2.C21H25N9.C18H14O.C13H12N.3Ir.Pt/c1-18-16-25(23-14-6-10-19-8-2-4-12-21(19)23)27-26(17-18)24-15-7-11-20-9-3-5-13-22(20)24;2*1-17-14-20(24-22-8-4-2-6-18(22)10-12-26-24)16-21(15-17)25-23-9-5-3-7-19(23)11-13-27-25;1-2-6-22-19(5-1)15-28(16-20-23-8-9-24-20)12-4-13-29(17-21-25-10-11-26-21)18-30-14-3-7-27-30;19-18-16(14-8-3-1-4-9-14)12-7-13-17(18)15-10-5-2-6-11-15;1-2-12-9-6-10-13(14-12)11-7-4-3-5-8-11;;;;/h2-13,16-17H,1H3;2*2-15H,1H3;1-3,5-11,14H,4,12-13,15-18H2;1-13,19H;3-7,9-10H,2H2,1H3;;;;/q-2;2*-1;-2;;-1;;;+3;. The molecule has 0 unspecified atom stereocenters. The van der Waals surface area contributed by atoms with Gasteiger partial charge in [-0.2, -0.15) is 0 Å². The van der Waals surface area contributed by atoms with Gasteiger partial charge in [0.25, 0.3) is 0 Å². The van der Waals surface area contributed by atoms with Gasteiger partial charge in [0.2, 0.25) is 0 Å². The van der Waals surface area contributed by atoms with Gasteiger partial charge in [-0.05, 0) is 140 Å². The number of phenolic OH excluding ortho intramolecular Hbond substituents is 1. The average molecular weight is 2640 g/mol. The summed E-state index contributed by atoms with van der Waals surface area (Å²) in [4.78, 5) is 54.6. The molecular formula is C128H102Ir3N15OPt-4. The predicted molar refractivity (Wildman–Crippen MR) is 581 cm³/mol. The SMILES string of the molecule is CCc1cccc(-c2[c-]cccc2)n1.Cc1cc(-c2[c-]ccc3ccccc23)nc(-c2[c-]ccc3ccccc23)c1.Cc1cc(-c2nccc3ccccc23)[c-]c(-c2nccc3ccccc23)c1.Cc1cc(-c2nccc3ccccc23)[c-]c(-c2nccc3ccccc23)c1.Oc1c(-c2ccccc2)cccc1-c1ccccc1.[Ir+3].[Ir].[Ir].[Pt].c1ccc(CN(CCCN(Cc2ncc[n-]2)C[n+]2ccc[n-]2)Cc2ncc[n-]2)nc1. The van der Waals surface area contributed by atoms with Gasteiger partial charge in [0.15, 0.2) is 12.9 Å². The van der Waals surface area contributed by atoms with Crippen LogP contribution in [0.25, 0.3) is 166 Å². The molecule has 736 valence electrons. The van der Waals surface area contributed by atoms with E-state index in [9.17, 15) is 5.11 Å². The van der Waals surface area contributed by atoms with E-state index in [4.69, 9.17) is 4.98 Å². The zero-order valence-corrected chi connectivity index (χ0v) is 91.2. The molecule has 0 saturated heterocycles. The molecule has 16 nitrogen and oxygen atoms in total. The Kier molecular flexibility index (Phi) is 38.4. The molecule has 24 rings (SSSR count). The van der Waals surface area contributed by atoms with E-state index in [1.807, 2.05) is 218 Å². The maximum atomic E-state index is 10.5. The van der Waals surface area contributed by atoms with Crippen LogP contribution in [0.4, 0.5) is 0 Å². The van der Waals surface area contributed by atoms with Gasteiger partial charge in [-0.3, -0.25) is 34.5 Å². The van der Waals surface area contributed by atoms with Crippen molar-refractivity contribution in [3.05, 3.63) is 514 Å². The minimum Gasteiger partial charge on any atom is -0.507 e. The summed E-state index contributed by atoms with van der Waals surface area (Å²) in [5.41, 5.74) is 23.3. The van der Waals surface area contributed by atoms with E-state index >= 15 is 0 Å². The van der Waals surface area contributed by atoms with E-state index in [1.165, 1.54) is 59.8 Å². The van der Waals surface area contributed by atoms with Crippen molar-refractivity contribution < 1.29 is 91.2 Å². The van der Waals surface area contributed by atoms with Crippen LogP contribution in [-0.4, -0.2) is 72.9 Å². The summed E-state index contributed by atoms with van der Waals surface area (Å²) in [6.45, 7) is 13.1. The Morgan fingerprint density at radius 3 is 1.15 bits per heavy atom. The second-order valence-corrected chi connectivity index (χ2v) is 34.9. The number of hydrogen-bond donors (Lipinski definition) is 1. The third-order valence-corrected chi connectivity index (χ3v) is 24.7. The van der Waals surface area contributed by atoms with Crippen molar-refractivity contribution in [2.24, 2.45) is 0 Å². The normalized spacial score (nSPS) is 10.7. The molecule has 0 saturated carbocycles. The minimum atomic E-state index is 0. The molecule has 0 fully saturated rings. The maximum Gasteiger partial charge on any atom is 3.00 e. The molecule has 1 N–H and O–H groups in total. The molecule has 148 heavy (non-hydrogen) atoms.